The van der Waals surface area contributed by atoms with Crippen molar-refractivity contribution < 1.29 is 4.79 Å². The Hall–Kier alpha value is -2.30. The second-order valence-corrected chi connectivity index (χ2v) is 8.22. The number of benzene rings is 2. The lowest BCUT2D eigenvalue weighted by atomic mass is 10.0. The zero-order chi connectivity index (χ0) is 19.7. The van der Waals surface area contributed by atoms with Gasteiger partial charge in [-0.1, -0.05) is 43.6 Å². The predicted octanol–water partition coefficient (Wildman–Crippen LogP) is 4.89. The molecule has 1 N–H and O–H groups in total. The van der Waals surface area contributed by atoms with Crippen molar-refractivity contribution in [3.63, 3.8) is 0 Å². The first kappa shape index (κ1) is 19.0. The largest absolute Gasteiger partial charge is 0.337 e. The number of carbonyl (C=O) groups is 1. The molecule has 1 aliphatic heterocycles. The standard InChI is InChI=1S/C23H26ClN3O/c1-16(2)25-19-11-13-26(14-12-19)23(28)22-15-17-5-3-4-6-21(17)27(22)20-9-7-18(24)8-10-20/h3-10,15-16,19,25H,11-14H2,1-2H3. The molecule has 1 aliphatic rings. The van der Waals surface area contributed by atoms with E-state index in [-0.39, 0.29) is 5.91 Å². The summed E-state index contributed by atoms with van der Waals surface area (Å²) in [4.78, 5) is 15.4. The summed E-state index contributed by atoms with van der Waals surface area (Å²) in [6, 6.07) is 18.7. The van der Waals surface area contributed by atoms with Crippen LogP contribution in [0.3, 0.4) is 0 Å². The topological polar surface area (TPSA) is 37.3 Å². The number of nitrogens with zero attached hydrogens (tertiary/aromatic N) is 2. The molecule has 0 bridgehead atoms. The molecule has 0 aliphatic carbocycles. The number of para-hydroxylation sites is 1. The van der Waals surface area contributed by atoms with Gasteiger partial charge in [0.25, 0.3) is 5.91 Å². The molecule has 4 nitrogen and oxygen atoms in total. The van der Waals surface area contributed by atoms with E-state index in [2.05, 4.69) is 31.3 Å². The van der Waals surface area contributed by atoms with Gasteiger partial charge in [0.05, 0.1) is 5.52 Å². The third-order valence-electron chi connectivity index (χ3n) is 5.37. The maximum atomic E-state index is 13.4. The molecule has 1 fully saturated rings. The van der Waals surface area contributed by atoms with E-state index in [4.69, 9.17) is 11.6 Å². The zero-order valence-corrected chi connectivity index (χ0v) is 17.1. The van der Waals surface area contributed by atoms with E-state index in [9.17, 15) is 4.79 Å². The molecule has 28 heavy (non-hydrogen) atoms. The zero-order valence-electron chi connectivity index (χ0n) is 16.4. The number of hydrogen-bond acceptors (Lipinski definition) is 2. The van der Waals surface area contributed by atoms with E-state index in [1.807, 2.05) is 51.9 Å². The summed E-state index contributed by atoms with van der Waals surface area (Å²) in [5.41, 5.74) is 2.69. The molecule has 146 valence electrons. The van der Waals surface area contributed by atoms with Crippen LogP contribution < -0.4 is 5.32 Å². The molecule has 3 aromatic rings. The van der Waals surface area contributed by atoms with E-state index in [0.717, 1.165) is 42.5 Å². The van der Waals surface area contributed by atoms with Crippen molar-refractivity contribution in [2.24, 2.45) is 0 Å². The van der Waals surface area contributed by atoms with Gasteiger partial charge >= 0.3 is 0 Å². The number of fused-ring (bicyclic) bond motifs is 1. The van der Waals surface area contributed by atoms with Crippen LogP contribution in [0.2, 0.25) is 5.02 Å². The average Bonchev–Trinajstić information content (AvgIpc) is 3.08. The Balaban J connectivity index is 1.66. The summed E-state index contributed by atoms with van der Waals surface area (Å²) in [6.45, 7) is 5.90. The third kappa shape index (κ3) is 3.80. The molecule has 4 rings (SSSR count). The van der Waals surface area contributed by atoms with Crippen LogP contribution in [0.15, 0.2) is 54.6 Å². The van der Waals surface area contributed by atoms with Gasteiger partial charge in [0.2, 0.25) is 0 Å². The van der Waals surface area contributed by atoms with Gasteiger partial charge in [0, 0.05) is 41.3 Å². The van der Waals surface area contributed by atoms with Gasteiger partial charge < -0.3 is 14.8 Å². The Bertz CT molecular complexity index is 969. The molecule has 0 saturated carbocycles. The van der Waals surface area contributed by atoms with Crippen molar-refractivity contribution in [2.45, 2.75) is 38.8 Å². The van der Waals surface area contributed by atoms with Gasteiger partial charge in [-0.25, -0.2) is 0 Å². The maximum absolute atomic E-state index is 13.4. The highest BCUT2D eigenvalue weighted by molar-refractivity contribution is 6.30. The Morgan fingerprint density at radius 3 is 2.43 bits per heavy atom. The molecule has 0 atom stereocenters. The molecule has 2 heterocycles. The molecule has 0 unspecified atom stereocenters. The molecule has 1 aromatic heterocycles. The van der Waals surface area contributed by atoms with E-state index >= 15 is 0 Å². The van der Waals surface area contributed by atoms with Crippen molar-refractivity contribution in [1.29, 1.82) is 0 Å². The Kier molecular flexibility index (Phi) is 5.42. The SMILES string of the molecule is CC(C)NC1CCN(C(=O)c2cc3ccccc3n2-c2ccc(Cl)cc2)CC1. The first-order chi connectivity index (χ1) is 13.5. The van der Waals surface area contributed by atoms with Crippen molar-refractivity contribution in [2.75, 3.05) is 13.1 Å². The van der Waals surface area contributed by atoms with Gasteiger partial charge in [-0.2, -0.15) is 0 Å². The van der Waals surface area contributed by atoms with Crippen molar-refractivity contribution in [3.05, 3.63) is 65.3 Å². The highest BCUT2D eigenvalue weighted by atomic mass is 35.5. The summed E-state index contributed by atoms with van der Waals surface area (Å²) in [7, 11) is 0. The van der Waals surface area contributed by atoms with Gasteiger partial charge in [0.1, 0.15) is 5.69 Å². The molecular weight excluding hydrogens is 370 g/mol. The van der Waals surface area contributed by atoms with Crippen molar-refractivity contribution >= 4 is 28.4 Å². The number of likely N-dealkylation sites (tertiary alicyclic amines) is 1. The van der Waals surface area contributed by atoms with Crippen molar-refractivity contribution in [1.82, 2.24) is 14.8 Å². The van der Waals surface area contributed by atoms with E-state index in [0.29, 0.717) is 22.8 Å². The van der Waals surface area contributed by atoms with Gasteiger partial charge in [-0.3, -0.25) is 4.79 Å². The lowest BCUT2D eigenvalue weighted by Gasteiger charge is -2.33. The van der Waals surface area contributed by atoms with Crippen LogP contribution in [0.1, 0.15) is 37.2 Å². The fraction of sp³-hybridized carbons (Fsp3) is 0.348. The number of aromatic nitrogens is 1. The highest BCUT2D eigenvalue weighted by Gasteiger charge is 2.26. The number of rotatable bonds is 4. The minimum atomic E-state index is 0.0918. The second-order valence-electron chi connectivity index (χ2n) is 7.79. The minimum absolute atomic E-state index is 0.0918. The summed E-state index contributed by atoms with van der Waals surface area (Å²) < 4.78 is 2.05. The Labute approximate surface area is 171 Å². The number of hydrogen-bond donors (Lipinski definition) is 1. The number of nitrogens with one attached hydrogen (secondary N) is 1. The molecule has 1 amide bonds. The lowest BCUT2D eigenvalue weighted by Crippen LogP contribution is -2.46. The fourth-order valence-electron chi connectivity index (χ4n) is 4.06. The minimum Gasteiger partial charge on any atom is -0.337 e. The first-order valence-corrected chi connectivity index (χ1v) is 10.3. The number of halogens is 1. The third-order valence-corrected chi connectivity index (χ3v) is 5.62. The summed E-state index contributed by atoms with van der Waals surface area (Å²) in [5.74, 6) is 0.0918. The van der Waals surface area contributed by atoms with Crippen LogP contribution in [0, 0.1) is 0 Å². The monoisotopic (exact) mass is 395 g/mol. The second kappa shape index (κ2) is 7.98. The van der Waals surface area contributed by atoms with Gasteiger partial charge in [0.15, 0.2) is 0 Å². The van der Waals surface area contributed by atoms with E-state index in [1.54, 1.807) is 0 Å². The molecular formula is C23H26ClN3O. The summed E-state index contributed by atoms with van der Waals surface area (Å²) >= 11 is 6.07. The average molecular weight is 396 g/mol. The van der Waals surface area contributed by atoms with Crippen LogP contribution in [0.4, 0.5) is 0 Å². The summed E-state index contributed by atoms with van der Waals surface area (Å²) in [5, 5.41) is 5.34. The van der Waals surface area contributed by atoms with Crippen molar-refractivity contribution in [3.8, 4) is 5.69 Å². The van der Waals surface area contributed by atoms with Crippen LogP contribution in [-0.4, -0.2) is 40.5 Å². The van der Waals surface area contributed by atoms with Gasteiger partial charge in [-0.15, -0.1) is 0 Å². The lowest BCUT2D eigenvalue weighted by molar-refractivity contribution is 0.0695. The molecule has 0 radical (unpaired) electrons. The first-order valence-electron chi connectivity index (χ1n) is 9.94. The Morgan fingerprint density at radius 1 is 1.07 bits per heavy atom. The van der Waals surface area contributed by atoms with E-state index < -0.39 is 0 Å². The van der Waals surface area contributed by atoms with Crippen LogP contribution in [0.5, 0.6) is 0 Å². The molecule has 2 aromatic carbocycles. The van der Waals surface area contributed by atoms with Crippen LogP contribution in [0.25, 0.3) is 16.6 Å². The predicted molar refractivity (Wildman–Crippen MR) is 115 cm³/mol. The normalized spacial score (nSPS) is 15.5. The van der Waals surface area contributed by atoms with Crippen LogP contribution in [-0.2, 0) is 0 Å². The smallest absolute Gasteiger partial charge is 0.270 e. The fourth-order valence-corrected chi connectivity index (χ4v) is 4.19. The maximum Gasteiger partial charge on any atom is 0.270 e. The molecule has 5 heteroatoms. The Morgan fingerprint density at radius 2 is 1.75 bits per heavy atom. The molecule has 1 saturated heterocycles. The van der Waals surface area contributed by atoms with Crippen LogP contribution >= 0.6 is 11.6 Å². The van der Waals surface area contributed by atoms with E-state index in [1.165, 1.54) is 0 Å². The van der Waals surface area contributed by atoms with Gasteiger partial charge in [-0.05, 0) is 49.2 Å². The highest BCUT2D eigenvalue weighted by Crippen LogP contribution is 2.27. The number of piperidine rings is 1. The quantitative estimate of drug-likeness (QED) is 0.683. The number of carbonyl (C=O) groups excluding carboxylic acids is 1. The molecule has 0 spiro atoms. The number of amides is 1. The summed E-state index contributed by atoms with van der Waals surface area (Å²) in [6.07, 6.45) is 1.98.